The van der Waals surface area contributed by atoms with Crippen LogP contribution in [0.1, 0.15) is 22.4 Å². The highest BCUT2D eigenvalue weighted by Crippen LogP contribution is 2.22. The zero-order valence-electron chi connectivity index (χ0n) is 17.1. The van der Waals surface area contributed by atoms with Crippen molar-refractivity contribution in [2.24, 2.45) is 5.73 Å². The number of methoxy groups -OCH3 is 1. The van der Waals surface area contributed by atoms with Crippen LogP contribution < -0.4 is 15.8 Å². The molecule has 0 radical (unpaired) electrons. The van der Waals surface area contributed by atoms with Gasteiger partial charge >= 0.3 is 0 Å². The van der Waals surface area contributed by atoms with Gasteiger partial charge in [-0.3, -0.25) is 10.2 Å². The first-order valence-corrected chi connectivity index (χ1v) is 9.83. The monoisotopic (exact) mass is 413 g/mol. The van der Waals surface area contributed by atoms with Gasteiger partial charge in [0.2, 0.25) is 5.91 Å². The van der Waals surface area contributed by atoms with Crippen LogP contribution in [0.4, 0.5) is 5.69 Å². The summed E-state index contributed by atoms with van der Waals surface area (Å²) >= 11 is 0. The largest absolute Gasteiger partial charge is 0.497 e. The SMILES string of the molecule is COc1cc(CC(=O)Nc2ccc3cc(C(=N)N)ccc3c2)cc(Cc2c[nH]cn2)c1. The molecule has 31 heavy (non-hydrogen) atoms. The third kappa shape index (κ3) is 4.90. The van der Waals surface area contributed by atoms with Gasteiger partial charge < -0.3 is 20.8 Å². The van der Waals surface area contributed by atoms with Gasteiger partial charge in [0, 0.05) is 23.9 Å². The number of hydrogen-bond donors (Lipinski definition) is 4. The van der Waals surface area contributed by atoms with Gasteiger partial charge in [-0.25, -0.2) is 4.98 Å². The highest BCUT2D eigenvalue weighted by Gasteiger charge is 2.09. The summed E-state index contributed by atoms with van der Waals surface area (Å²) in [5.41, 5.74) is 9.77. The number of nitrogens with zero attached hydrogens (tertiary/aromatic N) is 1. The number of H-pyrrole nitrogens is 1. The van der Waals surface area contributed by atoms with E-state index in [2.05, 4.69) is 15.3 Å². The Kier molecular flexibility index (Phi) is 5.66. The molecule has 3 aromatic carbocycles. The van der Waals surface area contributed by atoms with E-state index in [1.807, 2.05) is 54.7 Å². The number of anilines is 1. The van der Waals surface area contributed by atoms with Crippen molar-refractivity contribution < 1.29 is 9.53 Å². The summed E-state index contributed by atoms with van der Waals surface area (Å²) in [5, 5.41) is 12.4. The van der Waals surface area contributed by atoms with Crippen LogP contribution in [0, 0.1) is 5.41 Å². The first-order chi connectivity index (χ1) is 15.0. The molecule has 1 amide bonds. The molecule has 0 aliphatic rings. The number of fused-ring (bicyclic) bond motifs is 1. The minimum Gasteiger partial charge on any atom is -0.497 e. The summed E-state index contributed by atoms with van der Waals surface area (Å²) < 4.78 is 5.41. The molecule has 0 saturated heterocycles. The van der Waals surface area contributed by atoms with Crippen molar-refractivity contribution >= 4 is 28.2 Å². The molecule has 4 rings (SSSR count). The molecule has 4 aromatic rings. The Morgan fingerprint density at radius 3 is 2.61 bits per heavy atom. The van der Waals surface area contributed by atoms with Gasteiger partial charge in [-0.2, -0.15) is 0 Å². The molecule has 1 heterocycles. The van der Waals surface area contributed by atoms with Crippen molar-refractivity contribution in [3.05, 3.63) is 89.5 Å². The Labute approximate surface area is 179 Å². The highest BCUT2D eigenvalue weighted by atomic mass is 16.5. The number of rotatable bonds is 7. The second-order valence-corrected chi connectivity index (χ2v) is 7.34. The number of ether oxygens (including phenoxy) is 1. The molecule has 0 fully saturated rings. The Bertz CT molecular complexity index is 1250. The van der Waals surface area contributed by atoms with Gasteiger partial charge in [-0.05, 0) is 52.2 Å². The molecule has 1 aromatic heterocycles. The van der Waals surface area contributed by atoms with Crippen LogP contribution >= 0.6 is 0 Å². The number of carbonyl (C=O) groups excluding carboxylic acids is 1. The van der Waals surface area contributed by atoms with Gasteiger partial charge in [-0.15, -0.1) is 0 Å². The minimum absolute atomic E-state index is 0.0317. The highest BCUT2D eigenvalue weighted by molar-refractivity contribution is 6.00. The smallest absolute Gasteiger partial charge is 0.228 e. The average Bonchev–Trinajstić information content (AvgIpc) is 3.25. The fourth-order valence-corrected chi connectivity index (χ4v) is 3.53. The summed E-state index contributed by atoms with van der Waals surface area (Å²) in [6.45, 7) is 0. The van der Waals surface area contributed by atoms with Crippen LogP contribution in [-0.4, -0.2) is 28.8 Å². The van der Waals surface area contributed by atoms with Gasteiger partial charge in [0.05, 0.1) is 25.6 Å². The fourth-order valence-electron chi connectivity index (χ4n) is 3.53. The number of amidine groups is 1. The summed E-state index contributed by atoms with van der Waals surface area (Å²) in [4.78, 5) is 19.9. The van der Waals surface area contributed by atoms with E-state index in [0.717, 1.165) is 27.6 Å². The van der Waals surface area contributed by atoms with Crippen molar-refractivity contribution in [3.63, 3.8) is 0 Å². The lowest BCUT2D eigenvalue weighted by molar-refractivity contribution is -0.115. The van der Waals surface area contributed by atoms with E-state index in [0.29, 0.717) is 23.4 Å². The number of nitrogens with two attached hydrogens (primary N) is 1. The normalized spacial score (nSPS) is 10.7. The maximum Gasteiger partial charge on any atom is 0.228 e. The Morgan fingerprint density at radius 2 is 1.87 bits per heavy atom. The number of hydrogen-bond acceptors (Lipinski definition) is 4. The molecule has 0 atom stereocenters. The Balaban J connectivity index is 1.49. The molecule has 0 aliphatic carbocycles. The van der Waals surface area contributed by atoms with Crippen LogP contribution in [0.15, 0.2) is 67.1 Å². The van der Waals surface area contributed by atoms with Crippen LogP contribution in [-0.2, 0) is 17.6 Å². The molecule has 0 unspecified atom stereocenters. The van der Waals surface area contributed by atoms with Crippen molar-refractivity contribution in [2.45, 2.75) is 12.8 Å². The molecule has 7 heteroatoms. The van der Waals surface area contributed by atoms with E-state index in [4.69, 9.17) is 15.9 Å². The molecule has 0 bridgehead atoms. The molecular formula is C24H23N5O2. The van der Waals surface area contributed by atoms with Gasteiger partial charge in [-0.1, -0.05) is 24.3 Å². The predicted octanol–water partition coefficient (Wildman–Crippen LogP) is 3.63. The summed E-state index contributed by atoms with van der Waals surface area (Å²) in [5.74, 6) is 0.630. The number of carbonyl (C=O) groups is 1. The second kappa shape index (κ2) is 8.71. The maximum atomic E-state index is 12.7. The second-order valence-electron chi connectivity index (χ2n) is 7.34. The number of amides is 1. The molecular weight excluding hydrogens is 390 g/mol. The third-order valence-corrected chi connectivity index (χ3v) is 5.00. The zero-order valence-corrected chi connectivity index (χ0v) is 17.1. The van der Waals surface area contributed by atoms with Crippen molar-refractivity contribution in [1.82, 2.24) is 9.97 Å². The number of aromatic nitrogens is 2. The van der Waals surface area contributed by atoms with E-state index in [-0.39, 0.29) is 18.2 Å². The lowest BCUT2D eigenvalue weighted by Crippen LogP contribution is -2.14. The van der Waals surface area contributed by atoms with Crippen molar-refractivity contribution in [3.8, 4) is 5.75 Å². The number of imidazole rings is 1. The zero-order chi connectivity index (χ0) is 21.8. The number of benzene rings is 3. The Morgan fingerprint density at radius 1 is 1.10 bits per heavy atom. The maximum absolute atomic E-state index is 12.7. The van der Waals surface area contributed by atoms with E-state index in [1.54, 1.807) is 19.5 Å². The third-order valence-electron chi connectivity index (χ3n) is 5.00. The van der Waals surface area contributed by atoms with Crippen LogP contribution in [0.2, 0.25) is 0 Å². The summed E-state index contributed by atoms with van der Waals surface area (Å²) in [6.07, 6.45) is 4.38. The summed E-state index contributed by atoms with van der Waals surface area (Å²) in [7, 11) is 1.62. The average molecular weight is 413 g/mol. The number of nitrogen functional groups attached to an aromatic ring is 1. The van der Waals surface area contributed by atoms with Gasteiger partial charge in [0.1, 0.15) is 11.6 Å². The fraction of sp³-hybridized carbons (Fsp3) is 0.125. The standard InChI is InChI=1S/C24H23N5O2/c1-31-22-8-15(7-21-13-27-14-28-21)6-16(9-22)10-23(30)29-20-5-4-17-11-19(24(25)26)3-2-18(17)12-20/h2-6,8-9,11-14H,7,10H2,1H3,(H3,25,26)(H,27,28)(H,29,30). The number of aromatic amines is 1. The lowest BCUT2D eigenvalue weighted by atomic mass is 10.0. The Hall–Kier alpha value is -4.13. The van der Waals surface area contributed by atoms with Gasteiger partial charge in [0.15, 0.2) is 0 Å². The topological polar surface area (TPSA) is 117 Å². The molecule has 0 spiro atoms. The minimum atomic E-state index is -0.112. The van der Waals surface area contributed by atoms with Gasteiger partial charge in [0.25, 0.3) is 0 Å². The van der Waals surface area contributed by atoms with E-state index in [1.165, 1.54) is 0 Å². The predicted molar refractivity (Wildman–Crippen MR) is 122 cm³/mol. The molecule has 0 saturated carbocycles. The first kappa shape index (κ1) is 20.2. The first-order valence-electron chi connectivity index (χ1n) is 9.83. The molecule has 156 valence electrons. The molecule has 5 N–H and O–H groups in total. The van der Waals surface area contributed by atoms with E-state index in [9.17, 15) is 4.79 Å². The van der Waals surface area contributed by atoms with E-state index < -0.39 is 0 Å². The molecule has 7 nitrogen and oxygen atoms in total. The molecule has 0 aliphatic heterocycles. The number of nitrogens with one attached hydrogen (secondary N) is 3. The van der Waals surface area contributed by atoms with Crippen molar-refractivity contribution in [1.29, 1.82) is 5.41 Å². The van der Waals surface area contributed by atoms with Crippen LogP contribution in [0.25, 0.3) is 10.8 Å². The lowest BCUT2D eigenvalue weighted by Gasteiger charge is -2.10. The quantitative estimate of drug-likeness (QED) is 0.273. The van der Waals surface area contributed by atoms with Crippen LogP contribution in [0.5, 0.6) is 5.75 Å². The van der Waals surface area contributed by atoms with Crippen molar-refractivity contribution in [2.75, 3.05) is 12.4 Å². The van der Waals surface area contributed by atoms with E-state index >= 15 is 0 Å². The van der Waals surface area contributed by atoms with Crippen LogP contribution in [0.3, 0.4) is 0 Å². The summed E-state index contributed by atoms with van der Waals surface area (Å²) in [6, 6.07) is 17.0.